The highest BCUT2D eigenvalue weighted by Crippen LogP contribution is 2.23. The molecule has 24 heavy (non-hydrogen) atoms. The molecule has 0 saturated heterocycles. The summed E-state index contributed by atoms with van der Waals surface area (Å²) in [5.41, 5.74) is 1.66. The van der Waals surface area contributed by atoms with Gasteiger partial charge in [0.25, 0.3) is 5.91 Å². The van der Waals surface area contributed by atoms with Crippen molar-refractivity contribution in [1.82, 2.24) is 14.6 Å². The van der Waals surface area contributed by atoms with Crippen molar-refractivity contribution >= 4 is 29.0 Å². The van der Waals surface area contributed by atoms with E-state index in [0.29, 0.717) is 22.2 Å². The first-order valence-electron chi connectivity index (χ1n) is 7.44. The van der Waals surface area contributed by atoms with Crippen LogP contribution < -0.4 is 5.32 Å². The number of hydrogen-bond acceptors (Lipinski definition) is 4. The van der Waals surface area contributed by atoms with E-state index in [2.05, 4.69) is 15.4 Å². The second-order valence-electron chi connectivity index (χ2n) is 6.14. The maximum Gasteiger partial charge on any atom is 0.256 e. The number of nitrogens with zero attached hydrogens (tertiary/aromatic N) is 3. The van der Waals surface area contributed by atoms with Crippen molar-refractivity contribution < 1.29 is 9.90 Å². The van der Waals surface area contributed by atoms with E-state index < -0.39 is 0 Å². The highest BCUT2D eigenvalue weighted by Gasteiger charge is 2.19. The molecule has 0 saturated carbocycles. The Morgan fingerprint density at radius 1 is 1.29 bits per heavy atom. The van der Waals surface area contributed by atoms with E-state index >= 15 is 0 Å². The van der Waals surface area contributed by atoms with Crippen LogP contribution in [-0.2, 0) is 5.41 Å². The number of anilines is 1. The van der Waals surface area contributed by atoms with Crippen LogP contribution in [0.4, 0.5) is 5.82 Å². The van der Waals surface area contributed by atoms with E-state index in [9.17, 15) is 9.90 Å². The minimum atomic E-state index is -0.350. The standard InChI is InChI=1S/C17H17ClN4O2/c1-17(2,10-23)12-5-3-11(4-6-12)16(24)21-14-9-13(18)22-15(20-14)7-8-19-22/h3-9,23H,10H2,1-2H3,(H,20,21,24). The molecule has 0 unspecified atom stereocenters. The quantitative estimate of drug-likeness (QED) is 0.713. The summed E-state index contributed by atoms with van der Waals surface area (Å²) in [6.07, 6.45) is 1.58. The van der Waals surface area contributed by atoms with Gasteiger partial charge < -0.3 is 10.4 Å². The summed E-state index contributed by atoms with van der Waals surface area (Å²) in [6, 6.07) is 10.4. The van der Waals surface area contributed by atoms with E-state index in [1.165, 1.54) is 4.52 Å². The number of halogens is 1. The molecule has 2 heterocycles. The van der Waals surface area contributed by atoms with E-state index in [1.54, 1.807) is 30.5 Å². The third-order valence-corrected chi connectivity index (χ3v) is 4.15. The van der Waals surface area contributed by atoms with Crippen LogP contribution in [0.5, 0.6) is 0 Å². The molecular weight excluding hydrogens is 328 g/mol. The molecule has 0 bridgehead atoms. The Morgan fingerprint density at radius 3 is 2.67 bits per heavy atom. The van der Waals surface area contributed by atoms with Crippen molar-refractivity contribution in [3.63, 3.8) is 0 Å². The van der Waals surface area contributed by atoms with Crippen LogP contribution in [0, 0.1) is 0 Å². The van der Waals surface area contributed by atoms with Gasteiger partial charge in [-0.15, -0.1) is 0 Å². The fraction of sp³-hybridized carbons (Fsp3) is 0.235. The minimum absolute atomic E-state index is 0.0341. The summed E-state index contributed by atoms with van der Waals surface area (Å²) < 4.78 is 1.48. The number of amides is 1. The second-order valence-corrected chi connectivity index (χ2v) is 6.53. The molecule has 3 aromatic rings. The first-order chi connectivity index (χ1) is 11.4. The van der Waals surface area contributed by atoms with Gasteiger partial charge in [-0.25, -0.2) is 9.50 Å². The Morgan fingerprint density at radius 2 is 2.00 bits per heavy atom. The van der Waals surface area contributed by atoms with Crippen molar-refractivity contribution in [3.05, 3.63) is 58.9 Å². The summed E-state index contributed by atoms with van der Waals surface area (Å²) in [4.78, 5) is 16.6. The monoisotopic (exact) mass is 344 g/mol. The first-order valence-corrected chi connectivity index (χ1v) is 7.81. The Bertz CT molecular complexity index is 887. The van der Waals surface area contributed by atoms with Crippen LogP contribution in [-0.4, -0.2) is 32.2 Å². The average Bonchev–Trinajstić information content (AvgIpc) is 3.04. The molecule has 0 aliphatic heterocycles. The zero-order chi connectivity index (χ0) is 17.3. The van der Waals surface area contributed by atoms with E-state index in [0.717, 1.165) is 5.56 Å². The highest BCUT2D eigenvalue weighted by molar-refractivity contribution is 6.30. The minimum Gasteiger partial charge on any atom is -0.395 e. The fourth-order valence-corrected chi connectivity index (χ4v) is 2.53. The van der Waals surface area contributed by atoms with Gasteiger partial charge in [-0.05, 0) is 17.7 Å². The maximum atomic E-state index is 12.4. The van der Waals surface area contributed by atoms with E-state index in [4.69, 9.17) is 11.6 Å². The van der Waals surface area contributed by atoms with Gasteiger partial charge >= 0.3 is 0 Å². The normalized spacial score (nSPS) is 11.7. The number of carbonyl (C=O) groups is 1. The number of aliphatic hydroxyl groups excluding tert-OH is 1. The lowest BCUT2D eigenvalue weighted by Gasteiger charge is -2.22. The maximum absolute atomic E-state index is 12.4. The molecule has 0 fully saturated rings. The Kier molecular flexibility index (Phi) is 4.26. The van der Waals surface area contributed by atoms with E-state index in [-0.39, 0.29) is 17.9 Å². The van der Waals surface area contributed by atoms with Crippen molar-refractivity contribution in [2.24, 2.45) is 0 Å². The number of aromatic nitrogens is 3. The molecule has 2 N–H and O–H groups in total. The van der Waals surface area contributed by atoms with Crippen molar-refractivity contribution in [2.75, 3.05) is 11.9 Å². The Labute approximate surface area is 144 Å². The molecule has 124 valence electrons. The van der Waals surface area contributed by atoms with Gasteiger partial charge in [0.1, 0.15) is 11.0 Å². The van der Waals surface area contributed by atoms with Gasteiger partial charge in [0.05, 0.1) is 12.8 Å². The molecule has 7 heteroatoms. The largest absolute Gasteiger partial charge is 0.395 e. The highest BCUT2D eigenvalue weighted by atomic mass is 35.5. The summed E-state index contributed by atoms with van der Waals surface area (Å²) in [5.74, 6) is 0.0774. The number of hydrogen-bond donors (Lipinski definition) is 2. The van der Waals surface area contributed by atoms with Crippen LogP contribution in [0.2, 0.25) is 5.15 Å². The van der Waals surface area contributed by atoms with Gasteiger partial charge in [0.15, 0.2) is 5.65 Å². The first kappa shape index (κ1) is 16.4. The lowest BCUT2D eigenvalue weighted by Crippen LogP contribution is -2.22. The summed E-state index contributed by atoms with van der Waals surface area (Å²) >= 11 is 6.11. The fourth-order valence-electron chi connectivity index (χ4n) is 2.29. The number of rotatable bonds is 4. The van der Waals surface area contributed by atoms with Gasteiger partial charge in [0, 0.05) is 23.1 Å². The third-order valence-electron chi connectivity index (χ3n) is 3.88. The van der Waals surface area contributed by atoms with Crippen LogP contribution in [0.15, 0.2) is 42.6 Å². The average molecular weight is 345 g/mol. The SMILES string of the molecule is CC(C)(CO)c1ccc(C(=O)Nc2cc(Cl)n3nccc3n2)cc1. The summed E-state index contributed by atoms with van der Waals surface area (Å²) in [5, 5.41) is 16.5. The molecule has 0 aliphatic carbocycles. The number of nitrogens with one attached hydrogen (secondary N) is 1. The molecule has 2 aromatic heterocycles. The smallest absolute Gasteiger partial charge is 0.256 e. The molecular formula is C17H17ClN4O2. The van der Waals surface area contributed by atoms with Crippen LogP contribution in [0.25, 0.3) is 5.65 Å². The van der Waals surface area contributed by atoms with Crippen molar-refractivity contribution in [1.29, 1.82) is 0 Å². The van der Waals surface area contributed by atoms with Crippen LogP contribution >= 0.6 is 11.6 Å². The predicted octanol–water partition coefficient (Wildman–Crippen LogP) is 2.90. The molecule has 0 aliphatic rings. The van der Waals surface area contributed by atoms with Gasteiger partial charge in [-0.1, -0.05) is 37.6 Å². The molecule has 6 nitrogen and oxygen atoms in total. The third kappa shape index (κ3) is 3.11. The molecule has 1 aromatic carbocycles. The van der Waals surface area contributed by atoms with Crippen LogP contribution in [0.3, 0.4) is 0 Å². The predicted molar refractivity (Wildman–Crippen MR) is 92.5 cm³/mol. The molecule has 0 atom stereocenters. The summed E-state index contributed by atoms with van der Waals surface area (Å²) in [7, 11) is 0. The molecule has 1 amide bonds. The Balaban J connectivity index is 1.81. The number of benzene rings is 1. The zero-order valence-corrected chi connectivity index (χ0v) is 14.1. The summed E-state index contributed by atoms with van der Waals surface area (Å²) in [6.45, 7) is 3.91. The Hall–Kier alpha value is -2.44. The number of fused-ring (bicyclic) bond motifs is 1. The van der Waals surface area contributed by atoms with E-state index in [1.807, 2.05) is 26.0 Å². The lowest BCUT2D eigenvalue weighted by molar-refractivity contribution is 0.102. The molecule has 0 spiro atoms. The molecule has 0 radical (unpaired) electrons. The van der Waals surface area contributed by atoms with Crippen molar-refractivity contribution in [2.45, 2.75) is 19.3 Å². The van der Waals surface area contributed by atoms with Crippen molar-refractivity contribution in [3.8, 4) is 0 Å². The lowest BCUT2D eigenvalue weighted by atomic mass is 9.85. The topological polar surface area (TPSA) is 79.5 Å². The van der Waals surface area contributed by atoms with Crippen LogP contribution in [0.1, 0.15) is 29.8 Å². The second kappa shape index (κ2) is 6.22. The molecule has 3 rings (SSSR count). The van der Waals surface area contributed by atoms with Gasteiger partial charge in [-0.2, -0.15) is 5.10 Å². The number of aliphatic hydroxyl groups is 1. The number of carbonyl (C=O) groups excluding carboxylic acids is 1. The zero-order valence-electron chi connectivity index (χ0n) is 13.3. The van der Waals surface area contributed by atoms with Gasteiger partial charge in [-0.3, -0.25) is 4.79 Å². The van der Waals surface area contributed by atoms with Gasteiger partial charge in [0.2, 0.25) is 0 Å².